The minimum absolute atomic E-state index is 0.0419. The molecule has 2 unspecified atom stereocenters. The average Bonchev–Trinajstić information content (AvgIpc) is 2.49. The zero-order valence-corrected chi connectivity index (χ0v) is 11.6. The molecule has 2 fully saturated rings. The molecule has 2 saturated heterocycles. The van der Waals surface area contributed by atoms with E-state index in [2.05, 4.69) is 5.32 Å². The van der Waals surface area contributed by atoms with E-state index < -0.39 is 5.82 Å². The van der Waals surface area contributed by atoms with Gasteiger partial charge in [0.25, 0.3) is 5.91 Å². The third-order valence-corrected chi connectivity index (χ3v) is 4.36. The van der Waals surface area contributed by atoms with E-state index in [4.69, 9.17) is 5.73 Å². The van der Waals surface area contributed by atoms with Crippen molar-refractivity contribution in [3.8, 4) is 0 Å². The topological polar surface area (TPSA) is 75.4 Å². The number of nitrogens with two attached hydrogens (primary N) is 1. The van der Waals surface area contributed by atoms with E-state index in [1.54, 1.807) is 11.0 Å². The average molecular weight is 291 g/mol. The number of nitrogen functional groups attached to an aromatic ring is 1. The molecule has 2 amide bonds. The summed E-state index contributed by atoms with van der Waals surface area (Å²) in [4.78, 5) is 25.6. The Morgan fingerprint density at radius 3 is 2.95 bits per heavy atom. The van der Waals surface area contributed by atoms with Crippen molar-refractivity contribution in [1.82, 2.24) is 10.2 Å². The quantitative estimate of drug-likeness (QED) is 0.762. The van der Waals surface area contributed by atoms with Crippen molar-refractivity contribution in [2.75, 3.05) is 18.8 Å². The van der Waals surface area contributed by atoms with Gasteiger partial charge in [0.2, 0.25) is 5.91 Å². The van der Waals surface area contributed by atoms with Crippen LogP contribution in [0.4, 0.5) is 10.1 Å². The lowest BCUT2D eigenvalue weighted by molar-refractivity contribution is -0.125. The molecular weight excluding hydrogens is 273 g/mol. The minimum atomic E-state index is -0.569. The molecule has 0 aliphatic carbocycles. The van der Waals surface area contributed by atoms with Crippen LogP contribution in [0, 0.1) is 11.7 Å². The van der Waals surface area contributed by atoms with E-state index in [9.17, 15) is 14.0 Å². The maximum atomic E-state index is 13.5. The lowest BCUT2D eigenvalue weighted by atomic mass is 9.85. The second-order valence-corrected chi connectivity index (χ2v) is 5.75. The lowest BCUT2D eigenvalue weighted by Crippen LogP contribution is -2.55. The summed E-state index contributed by atoms with van der Waals surface area (Å²) in [5.41, 5.74) is 5.79. The summed E-state index contributed by atoms with van der Waals surface area (Å²) in [5, 5.41) is 2.98. The second-order valence-electron chi connectivity index (χ2n) is 5.75. The smallest absolute Gasteiger partial charge is 0.253 e. The SMILES string of the molecule is Nc1ccc(C(=O)N2CCC3NC(=O)CCC3C2)cc1F. The molecule has 0 bridgehead atoms. The number of carbonyl (C=O) groups is 2. The van der Waals surface area contributed by atoms with Gasteiger partial charge in [-0.2, -0.15) is 0 Å². The van der Waals surface area contributed by atoms with Crippen molar-refractivity contribution in [2.45, 2.75) is 25.3 Å². The maximum Gasteiger partial charge on any atom is 0.253 e. The van der Waals surface area contributed by atoms with Crippen LogP contribution in [0.25, 0.3) is 0 Å². The predicted molar refractivity (Wildman–Crippen MR) is 76.0 cm³/mol. The van der Waals surface area contributed by atoms with Gasteiger partial charge in [0.05, 0.1) is 5.69 Å². The van der Waals surface area contributed by atoms with Crippen LogP contribution in [0.15, 0.2) is 18.2 Å². The highest BCUT2D eigenvalue weighted by Gasteiger charge is 2.35. The van der Waals surface area contributed by atoms with Crippen molar-refractivity contribution >= 4 is 17.5 Å². The Kier molecular flexibility index (Phi) is 3.53. The molecular formula is C15H18FN3O2. The molecule has 0 spiro atoms. The summed E-state index contributed by atoms with van der Waals surface area (Å²) in [6.45, 7) is 1.18. The molecule has 1 aromatic carbocycles. The highest BCUT2D eigenvalue weighted by atomic mass is 19.1. The van der Waals surface area contributed by atoms with Crippen LogP contribution in [0.5, 0.6) is 0 Å². The largest absolute Gasteiger partial charge is 0.396 e. The van der Waals surface area contributed by atoms with Gasteiger partial charge in [-0.15, -0.1) is 0 Å². The molecule has 2 aliphatic heterocycles. The molecule has 112 valence electrons. The summed E-state index contributed by atoms with van der Waals surface area (Å²) in [5.74, 6) is -0.361. The van der Waals surface area contributed by atoms with Crippen LogP contribution in [0.3, 0.4) is 0 Å². The predicted octanol–water partition coefficient (Wildman–Crippen LogP) is 1.15. The Hall–Kier alpha value is -2.11. The van der Waals surface area contributed by atoms with Gasteiger partial charge in [-0.05, 0) is 37.0 Å². The van der Waals surface area contributed by atoms with E-state index >= 15 is 0 Å². The number of hydrogen-bond acceptors (Lipinski definition) is 3. The van der Waals surface area contributed by atoms with Gasteiger partial charge < -0.3 is 16.0 Å². The highest BCUT2D eigenvalue weighted by Crippen LogP contribution is 2.26. The number of carbonyl (C=O) groups excluding carboxylic acids is 2. The van der Waals surface area contributed by atoms with E-state index in [1.807, 2.05) is 0 Å². The normalized spacial score (nSPS) is 25.2. The number of fused-ring (bicyclic) bond motifs is 1. The van der Waals surface area contributed by atoms with Crippen molar-refractivity contribution < 1.29 is 14.0 Å². The van der Waals surface area contributed by atoms with E-state index in [-0.39, 0.29) is 23.5 Å². The molecule has 0 saturated carbocycles. The fraction of sp³-hybridized carbons (Fsp3) is 0.467. The number of anilines is 1. The van der Waals surface area contributed by atoms with Crippen molar-refractivity contribution in [3.63, 3.8) is 0 Å². The second kappa shape index (κ2) is 5.35. The summed E-state index contributed by atoms with van der Waals surface area (Å²) in [7, 11) is 0. The summed E-state index contributed by atoms with van der Waals surface area (Å²) < 4.78 is 13.5. The number of rotatable bonds is 1. The van der Waals surface area contributed by atoms with Crippen LogP contribution >= 0.6 is 0 Å². The summed E-state index contributed by atoms with van der Waals surface area (Å²) in [6.07, 6.45) is 2.07. The third kappa shape index (κ3) is 2.70. The van der Waals surface area contributed by atoms with Crippen molar-refractivity contribution in [2.24, 2.45) is 5.92 Å². The number of nitrogens with zero attached hydrogens (tertiary/aromatic N) is 1. The Labute approximate surface area is 122 Å². The molecule has 6 heteroatoms. The monoisotopic (exact) mass is 291 g/mol. The fourth-order valence-electron chi connectivity index (χ4n) is 3.14. The van der Waals surface area contributed by atoms with Gasteiger partial charge in [-0.1, -0.05) is 0 Å². The Morgan fingerprint density at radius 1 is 1.38 bits per heavy atom. The molecule has 5 nitrogen and oxygen atoms in total. The molecule has 3 rings (SSSR count). The number of likely N-dealkylation sites (tertiary alicyclic amines) is 1. The summed E-state index contributed by atoms with van der Waals surface area (Å²) >= 11 is 0. The van der Waals surface area contributed by atoms with Gasteiger partial charge in [0, 0.05) is 31.1 Å². The van der Waals surface area contributed by atoms with Gasteiger partial charge in [0.1, 0.15) is 5.82 Å². The van der Waals surface area contributed by atoms with Crippen LogP contribution in [-0.2, 0) is 4.79 Å². The van der Waals surface area contributed by atoms with E-state index in [0.717, 1.165) is 12.8 Å². The first-order chi connectivity index (χ1) is 10.0. The van der Waals surface area contributed by atoms with Gasteiger partial charge in [0.15, 0.2) is 0 Å². The zero-order valence-electron chi connectivity index (χ0n) is 11.6. The van der Waals surface area contributed by atoms with E-state index in [1.165, 1.54) is 12.1 Å². The zero-order chi connectivity index (χ0) is 15.0. The Balaban J connectivity index is 1.71. The fourth-order valence-corrected chi connectivity index (χ4v) is 3.14. The van der Waals surface area contributed by atoms with Gasteiger partial charge >= 0.3 is 0 Å². The molecule has 3 N–H and O–H groups in total. The van der Waals surface area contributed by atoms with Crippen LogP contribution in [0.1, 0.15) is 29.6 Å². The van der Waals surface area contributed by atoms with Crippen LogP contribution in [0.2, 0.25) is 0 Å². The maximum absolute atomic E-state index is 13.5. The van der Waals surface area contributed by atoms with Gasteiger partial charge in [-0.25, -0.2) is 4.39 Å². The molecule has 1 aromatic rings. The lowest BCUT2D eigenvalue weighted by Gasteiger charge is -2.41. The number of hydrogen-bond donors (Lipinski definition) is 2. The number of benzene rings is 1. The first kappa shape index (κ1) is 13.9. The molecule has 21 heavy (non-hydrogen) atoms. The standard InChI is InChI=1S/C15H18FN3O2/c16-11-7-9(1-3-12(11)17)15(21)19-6-5-13-10(8-19)2-4-14(20)18-13/h1,3,7,10,13H,2,4-6,8,17H2,(H,18,20). The first-order valence-electron chi connectivity index (χ1n) is 7.18. The molecule has 2 atom stereocenters. The number of amides is 2. The van der Waals surface area contributed by atoms with Gasteiger partial charge in [-0.3, -0.25) is 9.59 Å². The van der Waals surface area contributed by atoms with Crippen LogP contribution in [-0.4, -0.2) is 35.8 Å². The Bertz CT molecular complexity index is 590. The summed E-state index contributed by atoms with van der Waals surface area (Å²) in [6, 6.07) is 4.32. The molecule has 0 radical (unpaired) electrons. The molecule has 0 aromatic heterocycles. The molecule has 2 aliphatic rings. The third-order valence-electron chi connectivity index (χ3n) is 4.36. The number of piperidine rings is 2. The number of nitrogens with one attached hydrogen (secondary N) is 1. The minimum Gasteiger partial charge on any atom is -0.396 e. The van der Waals surface area contributed by atoms with E-state index in [0.29, 0.717) is 31.0 Å². The number of halogens is 1. The van der Waals surface area contributed by atoms with Crippen molar-refractivity contribution in [1.29, 1.82) is 0 Å². The Morgan fingerprint density at radius 2 is 2.19 bits per heavy atom. The first-order valence-corrected chi connectivity index (χ1v) is 7.18. The van der Waals surface area contributed by atoms with Crippen LogP contribution < -0.4 is 11.1 Å². The van der Waals surface area contributed by atoms with Crippen molar-refractivity contribution in [3.05, 3.63) is 29.6 Å². The highest BCUT2D eigenvalue weighted by molar-refractivity contribution is 5.94. The molecule has 2 heterocycles.